The molecule has 1 fully saturated rings. The van der Waals surface area contributed by atoms with Gasteiger partial charge in [-0.05, 0) is 26.3 Å². The number of hydrogen-bond donors (Lipinski definition) is 1. The van der Waals surface area contributed by atoms with Crippen LogP contribution in [0.5, 0.6) is 0 Å². The molecule has 1 aliphatic carbocycles. The van der Waals surface area contributed by atoms with E-state index in [0.717, 1.165) is 19.3 Å². The fourth-order valence-electron chi connectivity index (χ4n) is 1.24. The van der Waals surface area contributed by atoms with Gasteiger partial charge < -0.3 is 5.32 Å². The van der Waals surface area contributed by atoms with E-state index in [2.05, 4.69) is 5.32 Å². The molecule has 48 valence electrons. The number of halogens is 1. The molecule has 0 bridgehead atoms. The Balaban J connectivity index is 2.30. The van der Waals surface area contributed by atoms with Crippen LogP contribution in [0.15, 0.2) is 0 Å². The maximum atomic E-state index is 12.5. The molecular formula is C6H12FN. The van der Waals surface area contributed by atoms with Crippen molar-refractivity contribution in [3.05, 3.63) is 0 Å². The second-order valence-corrected chi connectivity index (χ2v) is 2.34. The van der Waals surface area contributed by atoms with E-state index in [1.165, 1.54) is 0 Å². The summed E-state index contributed by atoms with van der Waals surface area (Å²) in [6.45, 7) is 0. The molecule has 0 unspecified atom stereocenters. The molecule has 0 spiro atoms. The number of alkyl halides is 1. The van der Waals surface area contributed by atoms with Gasteiger partial charge in [-0.25, -0.2) is 4.39 Å². The summed E-state index contributed by atoms with van der Waals surface area (Å²) in [5.74, 6) is 0. The minimum atomic E-state index is -0.583. The summed E-state index contributed by atoms with van der Waals surface area (Å²) < 4.78 is 12.5. The highest BCUT2D eigenvalue weighted by Crippen LogP contribution is 2.20. The standard InChI is InChI=1S/C6H12FN/c1-8-6-4-2-3-5(6)7/h5-6,8H,2-4H2,1H3/t5-,6-/m1/s1. The Morgan fingerprint density at radius 1 is 1.50 bits per heavy atom. The van der Waals surface area contributed by atoms with E-state index in [4.69, 9.17) is 0 Å². The van der Waals surface area contributed by atoms with Crippen molar-refractivity contribution >= 4 is 0 Å². The Bertz CT molecular complexity index is 74.9. The molecule has 0 saturated heterocycles. The van der Waals surface area contributed by atoms with Gasteiger partial charge in [0.15, 0.2) is 0 Å². The Kier molecular flexibility index (Phi) is 1.84. The number of hydrogen-bond acceptors (Lipinski definition) is 1. The van der Waals surface area contributed by atoms with Crippen molar-refractivity contribution < 1.29 is 4.39 Å². The lowest BCUT2D eigenvalue weighted by Gasteiger charge is -2.08. The van der Waals surface area contributed by atoms with Gasteiger partial charge in [0.1, 0.15) is 6.17 Å². The monoisotopic (exact) mass is 117 g/mol. The Labute approximate surface area is 49.3 Å². The van der Waals surface area contributed by atoms with E-state index >= 15 is 0 Å². The van der Waals surface area contributed by atoms with E-state index in [-0.39, 0.29) is 6.04 Å². The number of nitrogens with one attached hydrogen (secondary N) is 1. The van der Waals surface area contributed by atoms with Gasteiger partial charge in [-0.3, -0.25) is 0 Å². The average molecular weight is 117 g/mol. The van der Waals surface area contributed by atoms with Crippen LogP contribution >= 0.6 is 0 Å². The van der Waals surface area contributed by atoms with Gasteiger partial charge in [-0.15, -0.1) is 0 Å². The zero-order valence-electron chi connectivity index (χ0n) is 5.15. The molecule has 8 heavy (non-hydrogen) atoms. The van der Waals surface area contributed by atoms with Crippen LogP contribution in [0, 0.1) is 0 Å². The first kappa shape index (κ1) is 6.02. The Morgan fingerprint density at radius 3 is 2.50 bits per heavy atom. The molecule has 2 heteroatoms. The van der Waals surface area contributed by atoms with Gasteiger partial charge in [-0.1, -0.05) is 0 Å². The summed E-state index contributed by atoms with van der Waals surface area (Å²) >= 11 is 0. The van der Waals surface area contributed by atoms with Crippen LogP contribution in [0.4, 0.5) is 4.39 Å². The predicted octanol–water partition coefficient (Wildman–Crippen LogP) is 1.10. The van der Waals surface area contributed by atoms with Crippen LogP contribution in [0.1, 0.15) is 19.3 Å². The molecule has 2 atom stereocenters. The third kappa shape index (κ3) is 0.996. The van der Waals surface area contributed by atoms with Crippen molar-refractivity contribution in [1.29, 1.82) is 0 Å². The molecule has 1 nitrogen and oxygen atoms in total. The first-order chi connectivity index (χ1) is 3.84. The van der Waals surface area contributed by atoms with Crippen LogP contribution < -0.4 is 5.32 Å². The fourth-order valence-corrected chi connectivity index (χ4v) is 1.24. The summed E-state index contributed by atoms with van der Waals surface area (Å²) in [5, 5.41) is 2.94. The molecular weight excluding hydrogens is 105 g/mol. The zero-order valence-corrected chi connectivity index (χ0v) is 5.15. The first-order valence-electron chi connectivity index (χ1n) is 3.16. The second-order valence-electron chi connectivity index (χ2n) is 2.34. The van der Waals surface area contributed by atoms with Crippen molar-refractivity contribution in [2.75, 3.05) is 7.05 Å². The molecule has 0 aromatic rings. The highest BCUT2D eigenvalue weighted by molar-refractivity contribution is 4.81. The van der Waals surface area contributed by atoms with E-state index in [1.807, 2.05) is 7.05 Å². The van der Waals surface area contributed by atoms with E-state index in [0.29, 0.717) is 0 Å². The summed E-state index contributed by atoms with van der Waals surface area (Å²) in [5.41, 5.74) is 0. The molecule has 1 rings (SSSR count). The topological polar surface area (TPSA) is 12.0 Å². The summed E-state index contributed by atoms with van der Waals surface area (Å²) in [6, 6.07) is 0.148. The van der Waals surface area contributed by atoms with Gasteiger partial charge in [0, 0.05) is 6.04 Å². The first-order valence-corrected chi connectivity index (χ1v) is 3.16. The minimum Gasteiger partial charge on any atom is -0.314 e. The lowest BCUT2D eigenvalue weighted by Crippen LogP contribution is -2.29. The maximum Gasteiger partial charge on any atom is 0.115 e. The Morgan fingerprint density at radius 2 is 2.25 bits per heavy atom. The predicted molar refractivity (Wildman–Crippen MR) is 31.6 cm³/mol. The van der Waals surface area contributed by atoms with Crippen LogP contribution in [0.3, 0.4) is 0 Å². The van der Waals surface area contributed by atoms with Crippen LogP contribution in [0.2, 0.25) is 0 Å². The van der Waals surface area contributed by atoms with Crippen molar-refractivity contribution in [3.63, 3.8) is 0 Å². The SMILES string of the molecule is CN[C@@H]1CCC[C@H]1F. The normalized spacial score (nSPS) is 38.2. The third-order valence-corrected chi connectivity index (χ3v) is 1.80. The van der Waals surface area contributed by atoms with Gasteiger partial charge in [0.2, 0.25) is 0 Å². The van der Waals surface area contributed by atoms with Crippen LogP contribution in [-0.4, -0.2) is 19.3 Å². The molecule has 0 radical (unpaired) electrons. The molecule has 0 amide bonds. The van der Waals surface area contributed by atoms with Crippen LogP contribution in [0.25, 0.3) is 0 Å². The maximum absolute atomic E-state index is 12.5. The van der Waals surface area contributed by atoms with E-state index in [9.17, 15) is 4.39 Å². The lowest BCUT2D eigenvalue weighted by molar-refractivity contribution is 0.289. The van der Waals surface area contributed by atoms with Crippen molar-refractivity contribution in [2.45, 2.75) is 31.5 Å². The molecule has 0 heterocycles. The molecule has 1 aliphatic rings. The van der Waals surface area contributed by atoms with Crippen LogP contribution in [-0.2, 0) is 0 Å². The molecule has 0 aromatic heterocycles. The molecule has 0 aliphatic heterocycles. The lowest BCUT2D eigenvalue weighted by atomic mass is 10.2. The quantitative estimate of drug-likeness (QED) is 0.542. The number of rotatable bonds is 1. The fraction of sp³-hybridized carbons (Fsp3) is 1.00. The second kappa shape index (κ2) is 2.44. The van der Waals surface area contributed by atoms with E-state index in [1.54, 1.807) is 0 Å². The molecule has 1 saturated carbocycles. The van der Waals surface area contributed by atoms with E-state index < -0.39 is 6.17 Å². The zero-order chi connectivity index (χ0) is 5.98. The average Bonchev–Trinajstić information content (AvgIpc) is 2.14. The minimum absolute atomic E-state index is 0.148. The van der Waals surface area contributed by atoms with Gasteiger partial charge >= 0.3 is 0 Å². The third-order valence-electron chi connectivity index (χ3n) is 1.80. The van der Waals surface area contributed by atoms with Crippen molar-refractivity contribution in [2.24, 2.45) is 0 Å². The van der Waals surface area contributed by atoms with Crippen molar-refractivity contribution in [3.8, 4) is 0 Å². The smallest absolute Gasteiger partial charge is 0.115 e. The highest BCUT2D eigenvalue weighted by Gasteiger charge is 2.24. The molecule has 0 aromatic carbocycles. The van der Waals surface area contributed by atoms with Crippen molar-refractivity contribution in [1.82, 2.24) is 5.32 Å². The highest BCUT2D eigenvalue weighted by atomic mass is 19.1. The summed E-state index contributed by atoms with van der Waals surface area (Å²) in [4.78, 5) is 0. The largest absolute Gasteiger partial charge is 0.314 e. The molecule has 1 N–H and O–H groups in total. The van der Waals surface area contributed by atoms with Gasteiger partial charge in [0.25, 0.3) is 0 Å². The van der Waals surface area contributed by atoms with Gasteiger partial charge in [0.05, 0.1) is 0 Å². The Hall–Kier alpha value is -0.110. The summed E-state index contributed by atoms with van der Waals surface area (Å²) in [6.07, 6.45) is 2.23. The van der Waals surface area contributed by atoms with Gasteiger partial charge in [-0.2, -0.15) is 0 Å². The summed E-state index contributed by atoms with van der Waals surface area (Å²) in [7, 11) is 1.82.